The average molecular weight is 393 g/mol. The van der Waals surface area contributed by atoms with Crippen molar-refractivity contribution < 1.29 is 19.1 Å². The van der Waals surface area contributed by atoms with Gasteiger partial charge >= 0.3 is 0 Å². The summed E-state index contributed by atoms with van der Waals surface area (Å²) in [5, 5.41) is 12.1. The Hall–Kier alpha value is -3.79. The third kappa shape index (κ3) is 6.70. The molecule has 0 aliphatic rings. The van der Waals surface area contributed by atoms with Crippen molar-refractivity contribution in [2.75, 3.05) is 13.2 Å². The molecular formula is C22H23N3O4. The Morgan fingerprint density at radius 2 is 1.86 bits per heavy atom. The molecule has 0 aliphatic heterocycles. The molecule has 7 nitrogen and oxygen atoms in total. The number of nitrogens with zero attached hydrogens (tertiary/aromatic N) is 1. The molecule has 2 aromatic rings. The highest BCUT2D eigenvalue weighted by Gasteiger charge is 2.11. The van der Waals surface area contributed by atoms with Gasteiger partial charge in [0.25, 0.3) is 11.8 Å². The van der Waals surface area contributed by atoms with Crippen molar-refractivity contribution in [2.24, 2.45) is 5.73 Å². The van der Waals surface area contributed by atoms with E-state index in [1.165, 1.54) is 6.08 Å². The fraction of sp³-hybridized carbons (Fsp3) is 0.227. The molecule has 0 heterocycles. The second-order valence-corrected chi connectivity index (χ2v) is 6.23. The van der Waals surface area contributed by atoms with Crippen molar-refractivity contribution >= 4 is 17.9 Å². The smallest absolute Gasteiger partial charge is 0.262 e. The lowest BCUT2D eigenvalue weighted by Gasteiger charge is -2.11. The summed E-state index contributed by atoms with van der Waals surface area (Å²) in [5.41, 5.74) is 7.71. The first kappa shape index (κ1) is 21.5. The molecule has 0 radical (unpaired) electrons. The first-order chi connectivity index (χ1) is 13.9. The first-order valence-corrected chi connectivity index (χ1v) is 9.06. The number of hydrogen-bond acceptors (Lipinski definition) is 5. The highest BCUT2D eigenvalue weighted by atomic mass is 16.5. The van der Waals surface area contributed by atoms with E-state index >= 15 is 0 Å². The Morgan fingerprint density at radius 1 is 1.14 bits per heavy atom. The van der Waals surface area contributed by atoms with Crippen LogP contribution < -0.4 is 20.5 Å². The van der Waals surface area contributed by atoms with Crippen LogP contribution in [0.4, 0.5) is 0 Å². The predicted molar refractivity (Wildman–Crippen MR) is 109 cm³/mol. The van der Waals surface area contributed by atoms with Gasteiger partial charge in [0.1, 0.15) is 11.6 Å². The van der Waals surface area contributed by atoms with E-state index in [4.69, 9.17) is 15.2 Å². The van der Waals surface area contributed by atoms with Gasteiger partial charge < -0.3 is 20.5 Å². The summed E-state index contributed by atoms with van der Waals surface area (Å²) >= 11 is 0. The van der Waals surface area contributed by atoms with Crippen molar-refractivity contribution in [3.05, 3.63) is 64.7 Å². The van der Waals surface area contributed by atoms with Crippen LogP contribution in [0.1, 0.15) is 23.6 Å². The molecule has 0 spiro atoms. The zero-order valence-electron chi connectivity index (χ0n) is 16.4. The highest BCUT2D eigenvalue weighted by Crippen LogP contribution is 2.29. The second kappa shape index (κ2) is 10.5. The first-order valence-electron chi connectivity index (χ1n) is 9.06. The van der Waals surface area contributed by atoms with Gasteiger partial charge in [0.15, 0.2) is 18.1 Å². The van der Waals surface area contributed by atoms with E-state index in [9.17, 15) is 14.9 Å². The topological polar surface area (TPSA) is 114 Å². The Labute approximate surface area is 169 Å². The van der Waals surface area contributed by atoms with Gasteiger partial charge in [-0.1, -0.05) is 35.9 Å². The number of nitrogens with one attached hydrogen (secondary N) is 1. The second-order valence-electron chi connectivity index (χ2n) is 6.23. The van der Waals surface area contributed by atoms with E-state index in [2.05, 4.69) is 5.32 Å². The normalized spacial score (nSPS) is 10.7. The minimum absolute atomic E-state index is 0.0367. The molecule has 7 heteroatoms. The van der Waals surface area contributed by atoms with Crippen molar-refractivity contribution in [3.63, 3.8) is 0 Å². The van der Waals surface area contributed by atoms with Crippen LogP contribution in [0.5, 0.6) is 11.5 Å². The van der Waals surface area contributed by atoms with Crippen molar-refractivity contribution in [3.8, 4) is 17.6 Å². The standard InChI is InChI=1S/C22H23N3O4/c1-3-28-20-11-17(8-9-19(20)29-14-21(24)26)10-18(12-23)22(27)25-13-16-6-4-15(2)5-7-16/h4-11H,3,13-14H2,1-2H3,(H2,24,26)(H,25,27)/b18-10+. The van der Waals surface area contributed by atoms with Crippen LogP contribution in [0.15, 0.2) is 48.0 Å². The highest BCUT2D eigenvalue weighted by molar-refractivity contribution is 6.01. The summed E-state index contributed by atoms with van der Waals surface area (Å²) in [4.78, 5) is 23.3. The summed E-state index contributed by atoms with van der Waals surface area (Å²) < 4.78 is 10.8. The molecule has 2 amide bonds. The molecule has 0 atom stereocenters. The molecule has 0 aliphatic carbocycles. The number of carbonyl (C=O) groups is 2. The van der Waals surface area contributed by atoms with Crippen LogP contribution in [-0.4, -0.2) is 25.0 Å². The maximum atomic E-state index is 12.4. The van der Waals surface area contributed by atoms with Crippen LogP contribution in [0.25, 0.3) is 6.08 Å². The van der Waals surface area contributed by atoms with Gasteiger partial charge in [0.05, 0.1) is 6.61 Å². The summed E-state index contributed by atoms with van der Waals surface area (Å²) in [6.45, 7) is 4.21. The Morgan fingerprint density at radius 3 is 2.48 bits per heavy atom. The van der Waals surface area contributed by atoms with E-state index < -0.39 is 11.8 Å². The van der Waals surface area contributed by atoms with Gasteiger partial charge in [-0.05, 0) is 43.2 Å². The lowest BCUT2D eigenvalue weighted by molar-refractivity contribution is -0.120. The zero-order valence-corrected chi connectivity index (χ0v) is 16.4. The number of aryl methyl sites for hydroxylation is 1. The molecule has 2 aromatic carbocycles. The van der Waals surface area contributed by atoms with Crippen molar-refractivity contribution in [1.82, 2.24) is 5.32 Å². The fourth-order valence-electron chi connectivity index (χ4n) is 2.45. The average Bonchev–Trinajstić information content (AvgIpc) is 2.70. The molecule has 0 saturated heterocycles. The molecular weight excluding hydrogens is 370 g/mol. The zero-order chi connectivity index (χ0) is 21.2. The van der Waals surface area contributed by atoms with E-state index in [1.807, 2.05) is 37.3 Å². The van der Waals surface area contributed by atoms with Crippen LogP contribution in [0.3, 0.4) is 0 Å². The van der Waals surface area contributed by atoms with Gasteiger partial charge in [-0.15, -0.1) is 0 Å². The minimum Gasteiger partial charge on any atom is -0.490 e. The maximum absolute atomic E-state index is 12.4. The number of amides is 2. The van der Waals surface area contributed by atoms with Crippen molar-refractivity contribution in [1.29, 1.82) is 5.26 Å². The van der Waals surface area contributed by atoms with E-state index in [1.54, 1.807) is 25.1 Å². The Balaban J connectivity index is 2.14. The third-order valence-corrected chi connectivity index (χ3v) is 3.89. The van der Waals surface area contributed by atoms with E-state index in [0.29, 0.717) is 30.2 Å². The minimum atomic E-state index is -0.603. The fourth-order valence-corrected chi connectivity index (χ4v) is 2.45. The quantitative estimate of drug-likeness (QED) is 0.502. The van der Waals surface area contributed by atoms with Gasteiger partial charge in [-0.3, -0.25) is 9.59 Å². The van der Waals surface area contributed by atoms with Gasteiger partial charge in [-0.2, -0.15) is 5.26 Å². The van der Waals surface area contributed by atoms with E-state index in [0.717, 1.165) is 11.1 Å². The Bertz CT molecular complexity index is 944. The van der Waals surface area contributed by atoms with Gasteiger partial charge in [0.2, 0.25) is 0 Å². The summed E-state index contributed by atoms with van der Waals surface area (Å²) in [7, 11) is 0. The molecule has 3 N–H and O–H groups in total. The molecule has 2 rings (SSSR count). The monoisotopic (exact) mass is 393 g/mol. The molecule has 0 bridgehead atoms. The maximum Gasteiger partial charge on any atom is 0.262 e. The Kier molecular flexibility index (Phi) is 7.80. The number of nitriles is 1. The molecule has 0 aromatic heterocycles. The summed E-state index contributed by atoms with van der Waals surface area (Å²) in [6.07, 6.45) is 1.46. The number of primary amides is 1. The van der Waals surface area contributed by atoms with Gasteiger partial charge in [-0.25, -0.2) is 0 Å². The predicted octanol–water partition coefficient (Wildman–Crippen LogP) is 2.48. The largest absolute Gasteiger partial charge is 0.490 e. The van der Waals surface area contributed by atoms with E-state index in [-0.39, 0.29) is 12.2 Å². The SMILES string of the molecule is CCOc1cc(/C=C(\C#N)C(=O)NCc2ccc(C)cc2)ccc1OCC(N)=O. The molecule has 29 heavy (non-hydrogen) atoms. The molecule has 0 fully saturated rings. The number of nitrogens with two attached hydrogens (primary N) is 1. The summed E-state index contributed by atoms with van der Waals surface area (Å²) in [6, 6.07) is 14.6. The van der Waals surface area contributed by atoms with Crippen LogP contribution >= 0.6 is 0 Å². The summed E-state index contributed by atoms with van der Waals surface area (Å²) in [5.74, 6) is -0.335. The van der Waals surface area contributed by atoms with Crippen LogP contribution in [-0.2, 0) is 16.1 Å². The number of hydrogen-bond donors (Lipinski definition) is 2. The molecule has 150 valence electrons. The van der Waals surface area contributed by atoms with Crippen LogP contribution in [0.2, 0.25) is 0 Å². The number of carbonyl (C=O) groups excluding carboxylic acids is 2. The van der Waals surface area contributed by atoms with Crippen LogP contribution in [0, 0.1) is 18.3 Å². The number of benzene rings is 2. The lowest BCUT2D eigenvalue weighted by atomic mass is 10.1. The lowest BCUT2D eigenvalue weighted by Crippen LogP contribution is -2.23. The van der Waals surface area contributed by atoms with Crippen molar-refractivity contribution in [2.45, 2.75) is 20.4 Å². The van der Waals surface area contributed by atoms with Gasteiger partial charge in [0, 0.05) is 6.54 Å². The molecule has 0 saturated carbocycles. The number of rotatable bonds is 9. The number of ether oxygens (including phenoxy) is 2. The molecule has 0 unspecified atom stereocenters. The third-order valence-electron chi connectivity index (χ3n) is 3.89.